The molecular weight excluding hydrogens is 534 g/mol. The maximum atomic E-state index is 12.4. The summed E-state index contributed by atoms with van der Waals surface area (Å²) < 4.78 is 0. The highest BCUT2D eigenvalue weighted by Gasteiger charge is 2.21. The molecule has 5 nitrogen and oxygen atoms in total. The molecule has 1 amide bonds. The zero-order valence-electron chi connectivity index (χ0n) is 29.1. The summed E-state index contributed by atoms with van der Waals surface area (Å²) in [7, 11) is 0. The van der Waals surface area contributed by atoms with E-state index < -0.39 is 18.2 Å². The minimum atomic E-state index is -0.741. The zero-order valence-corrected chi connectivity index (χ0v) is 29.1. The van der Waals surface area contributed by atoms with Gasteiger partial charge in [0.1, 0.15) is 0 Å². The first-order valence-electron chi connectivity index (χ1n) is 19.3. The van der Waals surface area contributed by atoms with Gasteiger partial charge in [-0.2, -0.15) is 0 Å². The first kappa shape index (κ1) is 42.3. The quantitative estimate of drug-likeness (QED) is 0.0537. The van der Waals surface area contributed by atoms with Gasteiger partial charge in [-0.1, -0.05) is 194 Å². The summed E-state index contributed by atoms with van der Waals surface area (Å²) in [6.07, 6.45) is 36.2. The molecule has 0 aromatic heterocycles. The fourth-order valence-electron chi connectivity index (χ4n) is 6.17. The van der Waals surface area contributed by atoms with Gasteiger partial charge in [0.2, 0.25) is 5.91 Å². The summed E-state index contributed by atoms with van der Waals surface area (Å²) in [5.74, 6) is -0.281. The van der Waals surface area contributed by atoms with Gasteiger partial charge in [-0.3, -0.25) is 4.79 Å². The van der Waals surface area contributed by atoms with Crippen LogP contribution in [0.25, 0.3) is 0 Å². The number of amides is 1. The summed E-state index contributed by atoms with van der Waals surface area (Å²) in [6.45, 7) is 4.26. The highest BCUT2D eigenvalue weighted by Crippen LogP contribution is 2.16. The van der Waals surface area contributed by atoms with Crippen molar-refractivity contribution < 1.29 is 20.1 Å². The van der Waals surface area contributed by atoms with E-state index >= 15 is 0 Å². The Morgan fingerprint density at radius 2 is 0.791 bits per heavy atom. The molecule has 0 bridgehead atoms. The van der Waals surface area contributed by atoms with Gasteiger partial charge in [-0.05, 0) is 12.8 Å². The Morgan fingerprint density at radius 3 is 1.12 bits per heavy atom. The average Bonchev–Trinajstić information content (AvgIpc) is 3.00. The van der Waals surface area contributed by atoms with Crippen LogP contribution >= 0.6 is 0 Å². The fourth-order valence-corrected chi connectivity index (χ4v) is 6.17. The third-order valence-corrected chi connectivity index (χ3v) is 9.17. The summed E-state index contributed by atoms with van der Waals surface area (Å²) in [6, 6.07) is -0.650. The lowest BCUT2D eigenvalue weighted by atomic mass is 10.0. The molecule has 0 aliphatic rings. The number of aliphatic hydroxyl groups is 3. The summed E-state index contributed by atoms with van der Waals surface area (Å²) in [4.78, 5) is 12.4. The van der Waals surface area contributed by atoms with Gasteiger partial charge < -0.3 is 20.6 Å². The van der Waals surface area contributed by atoms with Crippen molar-refractivity contribution in [1.82, 2.24) is 5.32 Å². The molecule has 43 heavy (non-hydrogen) atoms. The number of nitrogens with one attached hydrogen (secondary N) is 1. The molecule has 0 aliphatic carbocycles. The van der Waals surface area contributed by atoms with Gasteiger partial charge in [0.15, 0.2) is 0 Å². The van der Waals surface area contributed by atoms with Crippen molar-refractivity contribution in [3.63, 3.8) is 0 Å². The Bertz CT molecular complexity index is 558. The smallest absolute Gasteiger partial charge is 0.222 e. The Kier molecular flexibility index (Phi) is 33.7. The van der Waals surface area contributed by atoms with Crippen LogP contribution in [-0.2, 0) is 4.79 Å². The standard InChI is InChI=1S/C38H77NO4/c1-3-5-7-9-11-13-15-17-18-20-21-23-25-27-29-31-35(41)33-38(43)39-36(34-40)37(42)32-30-28-26-24-22-19-16-14-12-10-8-6-4-2/h35-37,40-42H,3-34H2,1-2H3,(H,39,43)/t35?,36-,37+/m0/s1. The molecule has 0 saturated heterocycles. The minimum Gasteiger partial charge on any atom is -0.394 e. The van der Waals surface area contributed by atoms with Crippen LogP contribution in [0.3, 0.4) is 0 Å². The monoisotopic (exact) mass is 612 g/mol. The normalized spacial score (nSPS) is 13.7. The van der Waals surface area contributed by atoms with Crippen molar-refractivity contribution >= 4 is 5.91 Å². The third kappa shape index (κ3) is 31.1. The van der Waals surface area contributed by atoms with Crippen molar-refractivity contribution in [2.45, 2.75) is 231 Å². The first-order chi connectivity index (χ1) is 21.0. The lowest BCUT2D eigenvalue weighted by Gasteiger charge is -2.23. The second-order valence-corrected chi connectivity index (χ2v) is 13.6. The lowest BCUT2D eigenvalue weighted by molar-refractivity contribution is -0.125. The summed E-state index contributed by atoms with van der Waals surface area (Å²) >= 11 is 0. The van der Waals surface area contributed by atoms with E-state index in [1.54, 1.807) is 0 Å². The van der Waals surface area contributed by atoms with Crippen LogP contribution in [0.15, 0.2) is 0 Å². The number of unbranched alkanes of at least 4 members (excludes halogenated alkanes) is 26. The van der Waals surface area contributed by atoms with Crippen molar-refractivity contribution in [3.05, 3.63) is 0 Å². The molecule has 0 aliphatic heterocycles. The van der Waals surface area contributed by atoms with Gasteiger partial charge in [-0.15, -0.1) is 0 Å². The highest BCUT2D eigenvalue weighted by atomic mass is 16.3. The molecule has 0 spiro atoms. The van der Waals surface area contributed by atoms with Crippen LogP contribution in [-0.4, -0.2) is 46.1 Å². The maximum absolute atomic E-state index is 12.4. The Labute approximate surface area is 268 Å². The minimum absolute atomic E-state index is 0.0422. The second kappa shape index (κ2) is 34.2. The fraction of sp³-hybridized carbons (Fsp3) is 0.974. The summed E-state index contributed by atoms with van der Waals surface area (Å²) in [5, 5.41) is 33.2. The van der Waals surface area contributed by atoms with Crippen molar-refractivity contribution in [2.75, 3.05) is 6.61 Å². The lowest BCUT2D eigenvalue weighted by Crippen LogP contribution is -2.46. The van der Waals surface area contributed by atoms with Gasteiger partial charge in [0.05, 0.1) is 31.3 Å². The van der Waals surface area contributed by atoms with Gasteiger partial charge in [0, 0.05) is 0 Å². The molecule has 0 fully saturated rings. The SMILES string of the molecule is CCCCCCCCCCCCCCCCCC(O)CC(=O)N[C@@H](CO)[C@H](O)CCCCCCCCCCCCCCC. The van der Waals surface area contributed by atoms with E-state index in [-0.39, 0.29) is 18.9 Å². The van der Waals surface area contributed by atoms with E-state index in [0.717, 1.165) is 25.7 Å². The molecule has 5 heteroatoms. The van der Waals surface area contributed by atoms with E-state index in [2.05, 4.69) is 19.2 Å². The maximum Gasteiger partial charge on any atom is 0.222 e. The summed E-state index contributed by atoms with van der Waals surface area (Å²) in [5.41, 5.74) is 0. The molecule has 0 heterocycles. The molecular formula is C38H77NO4. The van der Waals surface area contributed by atoms with E-state index in [1.807, 2.05) is 0 Å². The molecule has 0 aromatic rings. The van der Waals surface area contributed by atoms with Crippen LogP contribution in [0.4, 0.5) is 0 Å². The largest absolute Gasteiger partial charge is 0.394 e. The van der Waals surface area contributed by atoms with Crippen LogP contribution in [0.1, 0.15) is 213 Å². The average molecular weight is 612 g/mol. The molecule has 258 valence electrons. The van der Waals surface area contributed by atoms with E-state index in [9.17, 15) is 20.1 Å². The Morgan fingerprint density at radius 1 is 0.488 bits per heavy atom. The molecule has 0 aromatic carbocycles. The topological polar surface area (TPSA) is 89.8 Å². The number of hydrogen-bond donors (Lipinski definition) is 4. The first-order valence-corrected chi connectivity index (χ1v) is 19.3. The van der Waals surface area contributed by atoms with Crippen LogP contribution in [0, 0.1) is 0 Å². The molecule has 0 saturated carbocycles. The van der Waals surface area contributed by atoms with E-state index in [4.69, 9.17) is 0 Å². The number of aliphatic hydroxyl groups excluding tert-OH is 3. The second-order valence-electron chi connectivity index (χ2n) is 13.6. The van der Waals surface area contributed by atoms with Crippen molar-refractivity contribution in [1.29, 1.82) is 0 Å². The van der Waals surface area contributed by atoms with Crippen LogP contribution in [0.5, 0.6) is 0 Å². The predicted molar refractivity (Wildman–Crippen MR) is 186 cm³/mol. The number of carbonyl (C=O) groups excluding carboxylic acids is 1. The molecule has 3 atom stereocenters. The van der Waals surface area contributed by atoms with E-state index in [1.165, 1.54) is 154 Å². The molecule has 1 unspecified atom stereocenters. The predicted octanol–water partition coefficient (Wildman–Crippen LogP) is 10.3. The molecule has 0 radical (unpaired) electrons. The van der Waals surface area contributed by atoms with Crippen molar-refractivity contribution in [3.8, 4) is 0 Å². The van der Waals surface area contributed by atoms with E-state index in [0.29, 0.717) is 12.8 Å². The van der Waals surface area contributed by atoms with Gasteiger partial charge in [0.25, 0.3) is 0 Å². The zero-order chi connectivity index (χ0) is 31.6. The van der Waals surface area contributed by atoms with Gasteiger partial charge >= 0.3 is 0 Å². The Balaban J connectivity index is 3.63. The van der Waals surface area contributed by atoms with Crippen LogP contribution < -0.4 is 5.32 Å². The Hall–Kier alpha value is -0.650. The van der Waals surface area contributed by atoms with Gasteiger partial charge in [-0.25, -0.2) is 0 Å². The number of hydrogen-bond acceptors (Lipinski definition) is 4. The number of carbonyl (C=O) groups is 1. The highest BCUT2D eigenvalue weighted by molar-refractivity contribution is 5.76. The molecule has 4 N–H and O–H groups in total. The molecule has 0 rings (SSSR count). The third-order valence-electron chi connectivity index (χ3n) is 9.17. The van der Waals surface area contributed by atoms with Crippen molar-refractivity contribution in [2.24, 2.45) is 0 Å². The van der Waals surface area contributed by atoms with Crippen LogP contribution in [0.2, 0.25) is 0 Å². The number of rotatable bonds is 35.